The van der Waals surface area contributed by atoms with Crippen molar-refractivity contribution in [3.8, 4) is 10.4 Å². The van der Waals surface area contributed by atoms with Gasteiger partial charge in [-0.05, 0) is 30.5 Å². The Morgan fingerprint density at radius 2 is 1.96 bits per heavy atom. The van der Waals surface area contributed by atoms with Crippen molar-refractivity contribution in [2.45, 2.75) is 25.9 Å². The number of nitrogens with zero attached hydrogens (tertiary/aromatic N) is 2. The largest absolute Gasteiger partial charge is 0.308 e. The molecule has 1 aromatic carbocycles. The third-order valence-corrected chi connectivity index (χ3v) is 6.06. The summed E-state index contributed by atoms with van der Waals surface area (Å²) in [4.78, 5) is 21.4. The molecule has 9 heteroatoms. The lowest BCUT2D eigenvalue weighted by Gasteiger charge is -2.25. The molecule has 1 aliphatic heterocycles. The SMILES string of the molecule is Cc1[nH]ncc1-c1cc2nc(C3Cc4ccccc4CN3)[nH]c(=O)c2s1.Cl.Cl. The van der Waals surface area contributed by atoms with E-state index in [0.29, 0.717) is 10.5 Å². The molecule has 6 nitrogen and oxygen atoms in total. The summed E-state index contributed by atoms with van der Waals surface area (Å²) in [6, 6.07) is 10.4. The average Bonchev–Trinajstić information content (AvgIpc) is 3.27. The molecule has 0 amide bonds. The van der Waals surface area contributed by atoms with Crippen molar-refractivity contribution in [3.05, 3.63) is 69.5 Å². The van der Waals surface area contributed by atoms with Gasteiger partial charge in [0.05, 0.1) is 17.8 Å². The Morgan fingerprint density at radius 3 is 2.71 bits per heavy atom. The third-order valence-electron chi connectivity index (χ3n) is 4.91. The highest BCUT2D eigenvalue weighted by molar-refractivity contribution is 7.22. The predicted octanol–water partition coefficient (Wildman–Crippen LogP) is 3.91. The predicted molar refractivity (Wildman–Crippen MR) is 117 cm³/mol. The normalized spacial score (nSPS) is 15.5. The number of aromatic amines is 2. The fraction of sp³-hybridized carbons (Fsp3) is 0.211. The number of thiophene rings is 1. The highest BCUT2D eigenvalue weighted by Crippen LogP contribution is 2.32. The summed E-state index contributed by atoms with van der Waals surface area (Å²) in [5.41, 5.74) is 5.27. The van der Waals surface area contributed by atoms with E-state index in [2.05, 4.69) is 44.8 Å². The van der Waals surface area contributed by atoms with Crippen molar-refractivity contribution < 1.29 is 0 Å². The molecular weight excluding hydrogens is 417 g/mol. The lowest BCUT2D eigenvalue weighted by Crippen LogP contribution is -2.31. The van der Waals surface area contributed by atoms with Gasteiger partial charge in [0.15, 0.2) is 0 Å². The summed E-state index contributed by atoms with van der Waals surface area (Å²) in [5.74, 6) is 0.699. The highest BCUT2D eigenvalue weighted by Gasteiger charge is 2.22. The Kier molecular flexibility index (Phi) is 5.90. The van der Waals surface area contributed by atoms with Crippen molar-refractivity contribution in [1.82, 2.24) is 25.5 Å². The smallest absolute Gasteiger partial charge is 0.268 e. The first-order valence-electron chi connectivity index (χ1n) is 8.53. The number of hydrogen-bond donors (Lipinski definition) is 3. The quantitative estimate of drug-likeness (QED) is 0.445. The lowest BCUT2D eigenvalue weighted by molar-refractivity contribution is 0.477. The van der Waals surface area contributed by atoms with Crippen molar-refractivity contribution in [2.75, 3.05) is 0 Å². The van der Waals surface area contributed by atoms with Crippen LogP contribution in [0.15, 0.2) is 41.3 Å². The van der Waals surface area contributed by atoms with Crippen molar-refractivity contribution in [3.63, 3.8) is 0 Å². The zero-order chi connectivity index (χ0) is 17.7. The maximum Gasteiger partial charge on any atom is 0.268 e. The maximum absolute atomic E-state index is 12.6. The van der Waals surface area contributed by atoms with E-state index in [4.69, 9.17) is 4.98 Å². The molecule has 3 aromatic heterocycles. The van der Waals surface area contributed by atoms with Gasteiger partial charge in [-0.25, -0.2) is 4.98 Å². The van der Waals surface area contributed by atoms with Crippen LogP contribution in [0.3, 0.4) is 0 Å². The van der Waals surface area contributed by atoms with Gasteiger partial charge in [0.1, 0.15) is 10.5 Å². The van der Waals surface area contributed by atoms with Crippen LogP contribution in [0, 0.1) is 6.92 Å². The van der Waals surface area contributed by atoms with E-state index in [1.54, 1.807) is 6.20 Å². The third kappa shape index (κ3) is 3.46. The van der Waals surface area contributed by atoms with Gasteiger partial charge in [-0.15, -0.1) is 36.2 Å². The van der Waals surface area contributed by atoms with Crippen LogP contribution in [0.4, 0.5) is 0 Å². The van der Waals surface area contributed by atoms with Crippen molar-refractivity contribution >= 4 is 46.4 Å². The van der Waals surface area contributed by atoms with Gasteiger partial charge in [0, 0.05) is 22.7 Å². The number of halogens is 2. The Balaban J connectivity index is 0.00000112. The minimum atomic E-state index is -0.0805. The zero-order valence-corrected chi connectivity index (χ0v) is 17.4. The van der Waals surface area contributed by atoms with Gasteiger partial charge in [0.2, 0.25) is 0 Å². The van der Waals surface area contributed by atoms with E-state index >= 15 is 0 Å². The molecule has 5 rings (SSSR count). The molecule has 0 saturated carbocycles. The van der Waals surface area contributed by atoms with Crippen LogP contribution in [0.2, 0.25) is 0 Å². The molecule has 0 fully saturated rings. The molecule has 0 spiro atoms. The second-order valence-corrected chi connectivity index (χ2v) is 7.64. The Labute approximate surface area is 177 Å². The fourth-order valence-corrected chi connectivity index (χ4v) is 4.56. The molecule has 146 valence electrons. The van der Waals surface area contributed by atoms with Crippen LogP contribution in [0.5, 0.6) is 0 Å². The molecule has 0 aliphatic carbocycles. The van der Waals surface area contributed by atoms with Crippen LogP contribution < -0.4 is 10.9 Å². The molecule has 0 radical (unpaired) electrons. The summed E-state index contributed by atoms with van der Waals surface area (Å²) in [5, 5.41) is 10.5. The van der Waals surface area contributed by atoms with Crippen molar-refractivity contribution in [1.29, 1.82) is 0 Å². The number of fused-ring (bicyclic) bond motifs is 2. The van der Waals surface area contributed by atoms with E-state index in [1.165, 1.54) is 22.5 Å². The molecule has 1 unspecified atom stereocenters. The fourth-order valence-electron chi connectivity index (χ4n) is 3.50. The van der Waals surface area contributed by atoms with Crippen LogP contribution in [0.1, 0.15) is 28.7 Å². The minimum absolute atomic E-state index is 0. The molecule has 1 aliphatic rings. The second kappa shape index (κ2) is 8.05. The monoisotopic (exact) mass is 435 g/mol. The van der Waals surface area contributed by atoms with Gasteiger partial charge in [-0.2, -0.15) is 5.10 Å². The number of aryl methyl sites for hydroxylation is 1. The molecule has 4 heterocycles. The Morgan fingerprint density at radius 1 is 1.18 bits per heavy atom. The van der Waals surface area contributed by atoms with Crippen LogP contribution in [-0.4, -0.2) is 20.2 Å². The summed E-state index contributed by atoms with van der Waals surface area (Å²) in [6.45, 7) is 2.75. The van der Waals surface area contributed by atoms with Crippen molar-refractivity contribution in [2.24, 2.45) is 0 Å². The van der Waals surface area contributed by atoms with Gasteiger partial charge in [-0.1, -0.05) is 24.3 Å². The molecular formula is C19H19Cl2N5OS. The zero-order valence-electron chi connectivity index (χ0n) is 15.0. The summed E-state index contributed by atoms with van der Waals surface area (Å²) in [7, 11) is 0. The topological polar surface area (TPSA) is 86.5 Å². The number of H-pyrrole nitrogens is 2. The first-order chi connectivity index (χ1) is 12.7. The van der Waals surface area contributed by atoms with Crippen LogP contribution in [0.25, 0.3) is 20.7 Å². The molecule has 0 bridgehead atoms. The second-order valence-electron chi connectivity index (χ2n) is 6.59. The Hall–Kier alpha value is -2.19. The Bertz CT molecular complexity index is 1180. The summed E-state index contributed by atoms with van der Waals surface area (Å²) in [6.07, 6.45) is 2.61. The van der Waals surface area contributed by atoms with Crippen LogP contribution in [-0.2, 0) is 13.0 Å². The van der Waals surface area contributed by atoms with Gasteiger partial charge in [0.25, 0.3) is 5.56 Å². The molecule has 28 heavy (non-hydrogen) atoms. The van der Waals surface area contributed by atoms with Crippen LogP contribution >= 0.6 is 36.2 Å². The van der Waals surface area contributed by atoms with E-state index in [0.717, 1.165) is 34.6 Å². The lowest BCUT2D eigenvalue weighted by atomic mass is 9.95. The number of rotatable bonds is 2. The van der Waals surface area contributed by atoms with Gasteiger partial charge >= 0.3 is 0 Å². The number of hydrogen-bond acceptors (Lipinski definition) is 5. The first kappa shape index (κ1) is 20.5. The highest BCUT2D eigenvalue weighted by atomic mass is 35.5. The number of aromatic nitrogens is 4. The van der Waals surface area contributed by atoms with Gasteiger partial charge in [-0.3, -0.25) is 9.89 Å². The van der Waals surface area contributed by atoms with E-state index in [-0.39, 0.29) is 36.4 Å². The summed E-state index contributed by atoms with van der Waals surface area (Å²) >= 11 is 1.45. The molecule has 4 aromatic rings. The average molecular weight is 436 g/mol. The molecule has 0 saturated heterocycles. The van der Waals surface area contributed by atoms with E-state index in [9.17, 15) is 4.79 Å². The number of nitrogens with one attached hydrogen (secondary N) is 3. The first-order valence-corrected chi connectivity index (χ1v) is 9.35. The van der Waals surface area contributed by atoms with Gasteiger partial charge < -0.3 is 10.3 Å². The maximum atomic E-state index is 12.6. The van der Waals surface area contributed by atoms with E-state index < -0.39 is 0 Å². The summed E-state index contributed by atoms with van der Waals surface area (Å²) < 4.78 is 0.653. The molecule has 3 N–H and O–H groups in total. The molecule has 1 atom stereocenters. The van der Waals surface area contributed by atoms with E-state index in [1.807, 2.05) is 13.0 Å². The standard InChI is InChI=1S/C19H17N5OS.2ClH/c1-10-13(9-21-24-10)16-7-14-17(26-16)19(25)23-18(22-14)15-6-11-4-2-3-5-12(11)8-20-15;;/h2-5,7,9,15,20H,6,8H2,1H3,(H,21,24)(H,22,23,25);2*1H. The number of benzene rings is 1. The minimum Gasteiger partial charge on any atom is -0.308 e.